The van der Waals surface area contributed by atoms with Crippen LogP contribution in [0.2, 0.25) is 0 Å². The van der Waals surface area contributed by atoms with Crippen LogP contribution >= 0.6 is 0 Å². The standard InChI is InChI=1S/C25H41N5O2/c1-2-26-25(27-14-7-17-30-16-6-11-24(30)31)28-15-8-20-32-23-12-18-29(19-13-23)21-22-9-4-3-5-10-22/h3-5,9-10,23H,2,6-8,11-21H2,1H3,(H2,26,27,28). The predicted molar refractivity (Wildman–Crippen MR) is 130 cm³/mol. The Kier molecular flexibility index (Phi) is 10.8. The lowest BCUT2D eigenvalue weighted by Crippen LogP contribution is -2.39. The first-order chi connectivity index (χ1) is 15.7. The number of carbonyl (C=O) groups excluding carboxylic acids is 1. The summed E-state index contributed by atoms with van der Waals surface area (Å²) >= 11 is 0. The predicted octanol–water partition coefficient (Wildman–Crippen LogP) is 2.63. The van der Waals surface area contributed by atoms with E-state index in [0.717, 1.165) is 97.0 Å². The molecule has 0 saturated carbocycles. The monoisotopic (exact) mass is 443 g/mol. The highest BCUT2D eigenvalue weighted by atomic mass is 16.5. The Bertz CT molecular complexity index is 689. The number of hydrogen-bond donors (Lipinski definition) is 2. The van der Waals surface area contributed by atoms with Gasteiger partial charge >= 0.3 is 0 Å². The molecule has 3 rings (SSSR count). The van der Waals surface area contributed by atoms with Crippen molar-refractivity contribution in [3.8, 4) is 0 Å². The zero-order chi connectivity index (χ0) is 22.4. The fourth-order valence-corrected chi connectivity index (χ4v) is 4.34. The number of aliphatic imine (C=N–C) groups is 1. The van der Waals surface area contributed by atoms with Crippen molar-refractivity contribution < 1.29 is 9.53 Å². The van der Waals surface area contributed by atoms with Crippen molar-refractivity contribution in [1.29, 1.82) is 0 Å². The second-order valence-electron chi connectivity index (χ2n) is 8.71. The van der Waals surface area contributed by atoms with Gasteiger partial charge in [0.25, 0.3) is 0 Å². The Balaban J connectivity index is 1.23. The third-order valence-electron chi connectivity index (χ3n) is 6.12. The summed E-state index contributed by atoms with van der Waals surface area (Å²) in [7, 11) is 0. The molecule has 7 heteroatoms. The number of carbonyl (C=O) groups is 1. The molecule has 2 heterocycles. The van der Waals surface area contributed by atoms with E-state index < -0.39 is 0 Å². The Morgan fingerprint density at radius 2 is 1.94 bits per heavy atom. The Morgan fingerprint density at radius 3 is 2.66 bits per heavy atom. The molecular weight excluding hydrogens is 402 g/mol. The van der Waals surface area contributed by atoms with Gasteiger partial charge in [0.05, 0.1) is 6.10 Å². The number of amides is 1. The second kappa shape index (κ2) is 14.1. The largest absolute Gasteiger partial charge is 0.378 e. The van der Waals surface area contributed by atoms with Crippen LogP contribution in [0.3, 0.4) is 0 Å². The number of hydrogen-bond acceptors (Lipinski definition) is 4. The molecule has 2 N–H and O–H groups in total. The lowest BCUT2D eigenvalue weighted by atomic mass is 10.1. The number of benzene rings is 1. The number of nitrogens with zero attached hydrogens (tertiary/aromatic N) is 3. The summed E-state index contributed by atoms with van der Waals surface area (Å²) in [6.45, 7) is 10.3. The summed E-state index contributed by atoms with van der Waals surface area (Å²) in [4.78, 5) is 20.8. The molecule has 0 unspecified atom stereocenters. The van der Waals surface area contributed by atoms with Crippen molar-refractivity contribution in [2.24, 2.45) is 4.99 Å². The molecule has 0 spiro atoms. The van der Waals surface area contributed by atoms with E-state index >= 15 is 0 Å². The van der Waals surface area contributed by atoms with Gasteiger partial charge in [-0.05, 0) is 44.6 Å². The number of nitrogens with one attached hydrogen (secondary N) is 2. The Morgan fingerprint density at radius 1 is 1.12 bits per heavy atom. The highest BCUT2D eigenvalue weighted by Crippen LogP contribution is 2.16. The minimum atomic E-state index is 0.292. The van der Waals surface area contributed by atoms with Gasteiger partial charge in [-0.3, -0.25) is 14.7 Å². The average Bonchev–Trinajstić information content (AvgIpc) is 3.22. The van der Waals surface area contributed by atoms with Gasteiger partial charge in [-0.1, -0.05) is 30.3 Å². The van der Waals surface area contributed by atoms with Gasteiger partial charge in [-0.2, -0.15) is 0 Å². The quantitative estimate of drug-likeness (QED) is 0.295. The SMILES string of the molecule is CCNC(=NCCCN1CCCC1=O)NCCCOC1CCN(Cc2ccccc2)CC1. The van der Waals surface area contributed by atoms with E-state index in [-0.39, 0.29) is 0 Å². The first kappa shape index (κ1) is 24.5. The van der Waals surface area contributed by atoms with E-state index in [1.165, 1.54) is 5.56 Å². The topological polar surface area (TPSA) is 69.2 Å². The van der Waals surface area contributed by atoms with Crippen LogP contribution in [0.4, 0.5) is 0 Å². The lowest BCUT2D eigenvalue weighted by Gasteiger charge is -2.32. The Labute approximate surface area is 193 Å². The van der Waals surface area contributed by atoms with Crippen LogP contribution < -0.4 is 10.6 Å². The first-order valence-electron chi connectivity index (χ1n) is 12.4. The summed E-state index contributed by atoms with van der Waals surface area (Å²) in [5, 5.41) is 6.70. The van der Waals surface area contributed by atoms with Gasteiger partial charge < -0.3 is 20.3 Å². The molecule has 7 nitrogen and oxygen atoms in total. The van der Waals surface area contributed by atoms with E-state index in [1.54, 1.807) is 0 Å². The average molecular weight is 444 g/mol. The molecule has 0 aliphatic carbocycles. The van der Waals surface area contributed by atoms with Crippen LogP contribution in [-0.4, -0.2) is 80.2 Å². The molecule has 2 saturated heterocycles. The minimum absolute atomic E-state index is 0.292. The molecule has 1 amide bonds. The summed E-state index contributed by atoms with van der Waals surface area (Å²) < 4.78 is 6.12. The summed E-state index contributed by atoms with van der Waals surface area (Å²) in [6.07, 6.45) is 6.21. The van der Waals surface area contributed by atoms with Crippen LogP contribution in [0.25, 0.3) is 0 Å². The molecule has 32 heavy (non-hydrogen) atoms. The maximum absolute atomic E-state index is 11.7. The zero-order valence-corrected chi connectivity index (χ0v) is 19.7. The second-order valence-corrected chi connectivity index (χ2v) is 8.71. The van der Waals surface area contributed by atoms with Crippen LogP contribution in [0, 0.1) is 0 Å². The number of guanidine groups is 1. The van der Waals surface area contributed by atoms with Crippen LogP contribution in [0.1, 0.15) is 51.0 Å². The third-order valence-corrected chi connectivity index (χ3v) is 6.12. The fraction of sp³-hybridized carbons (Fsp3) is 0.680. The maximum Gasteiger partial charge on any atom is 0.222 e. The van der Waals surface area contributed by atoms with Gasteiger partial charge in [0.1, 0.15) is 0 Å². The molecule has 1 aromatic rings. The summed E-state index contributed by atoms with van der Waals surface area (Å²) in [6, 6.07) is 10.7. The molecule has 0 atom stereocenters. The maximum atomic E-state index is 11.7. The molecule has 0 radical (unpaired) electrons. The normalized spacial score (nSPS) is 18.3. The van der Waals surface area contributed by atoms with E-state index in [4.69, 9.17) is 4.74 Å². The van der Waals surface area contributed by atoms with E-state index in [1.807, 2.05) is 4.90 Å². The van der Waals surface area contributed by atoms with Crippen molar-refractivity contribution in [3.63, 3.8) is 0 Å². The van der Waals surface area contributed by atoms with Crippen LogP contribution in [0.5, 0.6) is 0 Å². The first-order valence-corrected chi connectivity index (χ1v) is 12.4. The van der Waals surface area contributed by atoms with Gasteiger partial charge in [0, 0.05) is 65.4 Å². The van der Waals surface area contributed by atoms with Gasteiger partial charge in [-0.15, -0.1) is 0 Å². The molecule has 0 aromatic heterocycles. The van der Waals surface area contributed by atoms with Crippen molar-refractivity contribution in [2.75, 3.05) is 52.4 Å². The van der Waals surface area contributed by atoms with E-state index in [2.05, 4.69) is 57.8 Å². The summed E-state index contributed by atoms with van der Waals surface area (Å²) in [5.74, 6) is 1.15. The van der Waals surface area contributed by atoms with Gasteiger partial charge in [-0.25, -0.2) is 0 Å². The molecule has 2 aliphatic heterocycles. The van der Waals surface area contributed by atoms with Crippen molar-refractivity contribution in [2.45, 2.75) is 58.1 Å². The Hall–Kier alpha value is -2.12. The minimum Gasteiger partial charge on any atom is -0.378 e. The molecule has 2 fully saturated rings. The highest BCUT2D eigenvalue weighted by Gasteiger charge is 2.20. The lowest BCUT2D eigenvalue weighted by molar-refractivity contribution is -0.127. The molecule has 178 valence electrons. The fourth-order valence-electron chi connectivity index (χ4n) is 4.34. The zero-order valence-electron chi connectivity index (χ0n) is 19.7. The van der Waals surface area contributed by atoms with E-state index in [9.17, 15) is 4.79 Å². The van der Waals surface area contributed by atoms with Crippen molar-refractivity contribution >= 4 is 11.9 Å². The van der Waals surface area contributed by atoms with Crippen LogP contribution in [-0.2, 0) is 16.1 Å². The third kappa shape index (κ3) is 8.79. The van der Waals surface area contributed by atoms with Crippen molar-refractivity contribution in [3.05, 3.63) is 35.9 Å². The molecule has 2 aliphatic rings. The molecule has 1 aromatic carbocycles. The van der Waals surface area contributed by atoms with Crippen LogP contribution in [0.15, 0.2) is 35.3 Å². The highest BCUT2D eigenvalue weighted by molar-refractivity contribution is 5.79. The molecular formula is C25H41N5O2. The van der Waals surface area contributed by atoms with Crippen molar-refractivity contribution in [1.82, 2.24) is 20.4 Å². The van der Waals surface area contributed by atoms with Gasteiger partial charge in [0.2, 0.25) is 5.91 Å². The smallest absolute Gasteiger partial charge is 0.222 e. The number of piperidine rings is 1. The molecule has 0 bridgehead atoms. The number of rotatable bonds is 12. The number of likely N-dealkylation sites (tertiary alicyclic amines) is 2. The van der Waals surface area contributed by atoms with Gasteiger partial charge in [0.15, 0.2) is 5.96 Å². The van der Waals surface area contributed by atoms with E-state index in [0.29, 0.717) is 18.4 Å². The number of ether oxygens (including phenoxy) is 1. The summed E-state index contributed by atoms with van der Waals surface area (Å²) in [5.41, 5.74) is 1.39.